The Bertz CT molecular complexity index is 731. The molecule has 0 heterocycles. The summed E-state index contributed by atoms with van der Waals surface area (Å²) in [4.78, 5) is 11.9. The molecule has 25 heavy (non-hydrogen) atoms. The van der Waals surface area contributed by atoms with Gasteiger partial charge in [-0.05, 0) is 49.2 Å². The van der Waals surface area contributed by atoms with E-state index in [1.54, 1.807) is 26.4 Å². The van der Waals surface area contributed by atoms with E-state index >= 15 is 0 Å². The fourth-order valence-corrected chi connectivity index (χ4v) is 2.29. The van der Waals surface area contributed by atoms with Crippen LogP contribution in [-0.4, -0.2) is 33.4 Å². The third-order valence-electron chi connectivity index (χ3n) is 3.78. The number of amides is 2. The van der Waals surface area contributed by atoms with Crippen LogP contribution < -0.4 is 24.8 Å². The Labute approximate surface area is 148 Å². The number of para-hydroxylation sites is 1. The van der Waals surface area contributed by atoms with Crippen LogP contribution in [0.3, 0.4) is 0 Å². The quantitative estimate of drug-likeness (QED) is 0.754. The second-order valence-corrected chi connectivity index (χ2v) is 5.52. The zero-order valence-electron chi connectivity index (χ0n) is 15.0. The molecule has 6 nitrogen and oxygen atoms in total. The van der Waals surface area contributed by atoms with Crippen LogP contribution in [0, 0.1) is 13.8 Å². The minimum Gasteiger partial charge on any atom is -0.493 e. The largest absolute Gasteiger partial charge is 0.493 e. The van der Waals surface area contributed by atoms with Gasteiger partial charge in [-0.1, -0.05) is 12.1 Å². The van der Waals surface area contributed by atoms with Crippen molar-refractivity contribution in [1.29, 1.82) is 0 Å². The van der Waals surface area contributed by atoms with E-state index in [2.05, 4.69) is 10.6 Å². The van der Waals surface area contributed by atoms with Gasteiger partial charge >= 0.3 is 6.03 Å². The summed E-state index contributed by atoms with van der Waals surface area (Å²) in [7, 11) is 3.13. The molecular formula is C19H24N2O4. The minimum atomic E-state index is -0.274. The van der Waals surface area contributed by atoms with Crippen molar-refractivity contribution in [3.63, 3.8) is 0 Å². The average molecular weight is 344 g/mol. The van der Waals surface area contributed by atoms with Crippen molar-refractivity contribution < 1.29 is 19.0 Å². The lowest BCUT2D eigenvalue weighted by atomic mass is 10.1. The summed E-state index contributed by atoms with van der Waals surface area (Å²) in [5.41, 5.74) is 3.08. The van der Waals surface area contributed by atoms with Crippen LogP contribution >= 0.6 is 0 Å². The molecule has 0 aliphatic rings. The topological polar surface area (TPSA) is 68.8 Å². The van der Waals surface area contributed by atoms with Gasteiger partial charge in [-0.3, -0.25) is 0 Å². The van der Waals surface area contributed by atoms with E-state index in [1.165, 1.54) is 5.56 Å². The SMILES string of the molecule is COc1cccc(OCCNC(=O)Nc2ccc(C)c(C)c2)c1OC. The predicted molar refractivity (Wildman–Crippen MR) is 98.0 cm³/mol. The van der Waals surface area contributed by atoms with Crippen LogP contribution in [0.15, 0.2) is 36.4 Å². The maximum Gasteiger partial charge on any atom is 0.319 e. The predicted octanol–water partition coefficient (Wildman–Crippen LogP) is 3.52. The number of anilines is 1. The first-order valence-electron chi connectivity index (χ1n) is 8.01. The molecule has 0 radical (unpaired) electrons. The molecule has 0 aliphatic heterocycles. The highest BCUT2D eigenvalue weighted by atomic mass is 16.5. The highest BCUT2D eigenvalue weighted by Crippen LogP contribution is 2.36. The Hall–Kier alpha value is -2.89. The fraction of sp³-hybridized carbons (Fsp3) is 0.316. The Kier molecular flexibility index (Phi) is 6.51. The summed E-state index contributed by atoms with van der Waals surface area (Å²) in [6.45, 7) is 4.71. The van der Waals surface area contributed by atoms with Crippen molar-refractivity contribution in [3.8, 4) is 17.2 Å². The van der Waals surface area contributed by atoms with Gasteiger partial charge in [0.15, 0.2) is 11.5 Å². The van der Waals surface area contributed by atoms with Crippen LogP contribution in [0.2, 0.25) is 0 Å². The van der Waals surface area contributed by atoms with Crippen molar-refractivity contribution >= 4 is 11.7 Å². The zero-order valence-corrected chi connectivity index (χ0v) is 15.0. The van der Waals surface area contributed by atoms with E-state index in [9.17, 15) is 4.79 Å². The Morgan fingerprint density at radius 2 is 1.76 bits per heavy atom. The highest BCUT2D eigenvalue weighted by Gasteiger charge is 2.10. The Morgan fingerprint density at radius 3 is 2.44 bits per heavy atom. The summed E-state index contributed by atoms with van der Waals surface area (Å²) in [5.74, 6) is 1.70. The third kappa shape index (κ3) is 5.04. The average Bonchev–Trinajstić information content (AvgIpc) is 2.61. The van der Waals surface area contributed by atoms with Gasteiger partial charge < -0.3 is 24.8 Å². The van der Waals surface area contributed by atoms with E-state index in [4.69, 9.17) is 14.2 Å². The van der Waals surface area contributed by atoms with Crippen molar-refractivity contribution in [2.75, 3.05) is 32.7 Å². The van der Waals surface area contributed by atoms with Gasteiger partial charge in [0.2, 0.25) is 5.75 Å². The summed E-state index contributed by atoms with van der Waals surface area (Å²) in [5, 5.41) is 5.55. The molecule has 0 unspecified atom stereocenters. The number of methoxy groups -OCH3 is 2. The maximum atomic E-state index is 11.9. The number of carbonyl (C=O) groups is 1. The lowest BCUT2D eigenvalue weighted by Crippen LogP contribution is -2.32. The van der Waals surface area contributed by atoms with Gasteiger partial charge in [-0.25, -0.2) is 4.79 Å². The summed E-state index contributed by atoms with van der Waals surface area (Å²) in [6, 6.07) is 10.9. The number of urea groups is 1. The number of hydrogen-bond donors (Lipinski definition) is 2. The summed E-state index contributed by atoms with van der Waals surface area (Å²) in [6.07, 6.45) is 0. The number of benzene rings is 2. The molecule has 2 aromatic carbocycles. The summed E-state index contributed by atoms with van der Waals surface area (Å²) >= 11 is 0. The molecule has 0 bridgehead atoms. The molecule has 0 aliphatic carbocycles. The fourth-order valence-electron chi connectivity index (χ4n) is 2.29. The van der Waals surface area contributed by atoms with E-state index in [0.717, 1.165) is 11.3 Å². The monoisotopic (exact) mass is 344 g/mol. The Morgan fingerprint density at radius 1 is 1.00 bits per heavy atom. The molecule has 2 rings (SSSR count). The summed E-state index contributed by atoms with van der Waals surface area (Å²) < 4.78 is 16.2. The van der Waals surface area contributed by atoms with Crippen LogP contribution in [-0.2, 0) is 0 Å². The van der Waals surface area contributed by atoms with Gasteiger partial charge in [-0.2, -0.15) is 0 Å². The normalized spacial score (nSPS) is 10.1. The molecule has 2 aromatic rings. The maximum absolute atomic E-state index is 11.9. The lowest BCUT2D eigenvalue weighted by Gasteiger charge is -2.14. The second-order valence-electron chi connectivity index (χ2n) is 5.52. The molecular weight excluding hydrogens is 320 g/mol. The lowest BCUT2D eigenvalue weighted by molar-refractivity contribution is 0.245. The number of rotatable bonds is 7. The minimum absolute atomic E-state index is 0.274. The van der Waals surface area contributed by atoms with Crippen LogP contribution in [0.25, 0.3) is 0 Å². The molecule has 0 saturated carbocycles. The smallest absolute Gasteiger partial charge is 0.319 e. The molecule has 0 fully saturated rings. The molecule has 134 valence electrons. The van der Waals surface area contributed by atoms with Crippen LogP contribution in [0.4, 0.5) is 10.5 Å². The van der Waals surface area contributed by atoms with Crippen molar-refractivity contribution in [1.82, 2.24) is 5.32 Å². The van der Waals surface area contributed by atoms with Gasteiger partial charge in [0.1, 0.15) is 6.61 Å². The molecule has 0 spiro atoms. The van der Waals surface area contributed by atoms with Gasteiger partial charge in [0, 0.05) is 5.69 Å². The van der Waals surface area contributed by atoms with Crippen molar-refractivity contribution in [2.24, 2.45) is 0 Å². The number of hydrogen-bond acceptors (Lipinski definition) is 4. The van der Waals surface area contributed by atoms with Crippen molar-refractivity contribution in [3.05, 3.63) is 47.5 Å². The number of aryl methyl sites for hydroxylation is 2. The molecule has 2 amide bonds. The number of nitrogens with one attached hydrogen (secondary N) is 2. The molecule has 0 atom stereocenters. The second kappa shape index (κ2) is 8.82. The first-order chi connectivity index (χ1) is 12.0. The zero-order chi connectivity index (χ0) is 18.2. The number of ether oxygens (including phenoxy) is 3. The first kappa shape index (κ1) is 18.4. The van der Waals surface area contributed by atoms with E-state index < -0.39 is 0 Å². The molecule has 2 N–H and O–H groups in total. The molecule has 0 saturated heterocycles. The van der Waals surface area contributed by atoms with Gasteiger partial charge in [0.25, 0.3) is 0 Å². The molecule has 0 aromatic heterocycles. The van der Waals surface area contributed by atoms with Gasteiger partial charge in [-0.15, -0.1) is 0 Å². The van der Waals surface area contributed by atoms with Crippen LogP contribution in [0.1, 0.15) is 11.1 Å². The van der Waals surface area contributed by atoms with Crippen molar-refractivity contribution in [2.45, 2.75) is 13.8 Å². The van der Waals surface area contributed by atoms with Gasteiger partial charge in [0.05, 0.1) is 20.8 Å². The van der Waals surface area contributed by atoms with E-state index in [-0.39, 0.29) is 6.03 Å². The highest BCUT2D eigenvalue weighted by molar-refractivity contribution is 5.89. The standard InChI is InChI=1S/C19H24N2O4/c1-13-8-9-15(12-14(13)2)21-19(22)20-10-11-25-17-7-5-6-16(23-3)18(17)24-4/h5-9,12H,10-11H2,1-4H3,(H2,20,21,22). The van der Waals surface area contributed by atoms with E-state index in [1.807, 2.05) is 38.1 Å². The molecule has 6 heteroatoms. The third-order valence-corrected chi connectivity index (χ3v) is 3.78. The van der Waals surface area contributed by atoms with Crippen LogP contribution in [0.5, 0.6) is 17.2 Å². The first-order valence-corrected chi connectivity index (χ1v) is 8.01. The number of carbonyl (C=O) groups excluding carboxylic acids is 1. The Balaban J connectivity index is 1.81. The van der Waals surface area contributed by atoms with E-state index in [0.29, 0.717) is 30.4 Å².